The van der Waals surface area contributed by atoms with Gasteiger partial charge in [-0.2, -0.15) is 0 Å². The summed E-state index contributed by atoms with van der Waals surface area (Å²) >= 11 is 0. The number of aromatic carboxylic acids is 1. The summed E-state index contributed by atoms with van der Waals surface area (Å²) < 4.78 is 5.40. The second-order valence-corrected chi connectivity index (χ2v) is 5.43. The standard InChI is InChI=1S/C15H20N2O4/c1-9-6-7-17(8-13(9)21-3)14(18)12-5-4-11(15(19)20)10(2)16-12/h4-5,9,13H,6-8H2,1-3H3,(H,19,20). The first-order valence-corrected chi connectivity index (χ1v) is 6.97. The van der Waals surface area contributed by atoms with Gasteiger partial charge in [-0.3, -0.25) is 4.79 Å². The van der Waals surface area contributed by atoms with E-state index in [2.05, 4.69) is 11.9 Å². The molecule has 2 unspecified atom stereocenters. The molecule has 1 amide bonds. The van der Waals surface area contributed by atoms with E-state index in [0.29, 0.717) is 24.7 Å². The SMILES string of the molecule is COC1CN(C(=O)c2ccc(C(=O)O)c(C)n2)CCC1C. The molecule has 2 atom stereocenters. The lowest BCUT2D eigenvalue weighted by atomic mass is 9.95. The molecule has 0 aliphatic carbocycles. The van der Waals surface area contributed by atoms with Crippen LogP contribution in [0.1, 0.15) is 39.9 Å². The van der Waals surface area contributed by atoms with Gasteiger partial charge in [0.25, 0.3) is 5.91 Å². The van der Waals surface area contributed by atoms with Gasteiger partial charge in [-0.15, -0.1) is 0 Å². The van der Waals surface area contributed by atoms with Crippen LogP contribution >= 0.6 is 0 Å². The highest BCUT2D eigenvalue weighted by molar-refractivity contribution is 5.94. The number of carbonyl (C=O) groups is 2. The number of carboxylic acid groups (broad SMARTS) is 1. The first kappa shape index (κ1) is 15.4. The molecule has 6 heteroatoms. The highest BCUT2D eigenvalue weighted by Gasteiger charge is 2.30. The van der Waals surface area contributed by atoms with E-state index in [0.717, 1.165) is 6.42 Å². The van der Waals surface area contributed by atoms with Crippen LogP contribution in [0.2, 0.25) is 0 Å². The molecule has 1 aliphatic heterocycles. The van der Waals surface area contributed by atoms with Gasteiger partial charge in [-0.25, -0.2) is 9.78 Å². The summed E-state index contributed by atoms with van der Waals surface area (Å²) in [7, 11) is 1.65. The van der Waals surface area contributed by atoms with Gasteiger partial charge in [0.15, 0.2) is 0 Å². The second kappa shape index (κ2) is 6.22. The predicted octanol–water partition coefficient (Wildman–Crippen LogP) is 1.59. The lowest BCUT2D eigenvalue weighted by molar-refractivity contribution is -0.00178. The smallest absolute Gasteiger partial charge is 0.337 e. The van der Waals surface area contributed by atoms with Crippen LogP contribution in [0.5, 0.6) is 0 Å². The molecule has 0 radical (unpaired) electrons. The van der Waals surface area contributed by atoms with E-state index < -0.39 is 5.97 Å². The number of aromatic nitrogens is 1. The molecule has 1 aliphatic rings. The number of ether oxygens (including phenoxy) is 1. The van der Waals surface area contributed by atoms with Crippen molar-refractivity contribution in [3.8, 4) is 0 Å². The van der Waals surface area contributed by atoms with Gasteiger partial charge in [-0.1, -0.05) is 6.92 Å². The summed E-state index contributed by atoms with van der Waals surface area (Å²) in [4.78, 5) is 29.3. The molecule has 114 valence electrons. The van der Waals surface area contributed by atoms with E-state index in [9.17, 15) is 9.59 Å². The Kier molecular flexibility index (Phi) is 4.57. The van der Waals surface area contributed by atoms with Crippen LogP contribution in [0.3, 0.4) is 0 Å². The van der Waals surface area contributed by atoms with Gasteiger partial charge in [0.2, 0.25) is 0 Å². The van der Waals surface area contributed by atoms with Gasteiger partial charge >= 0.3 is 5.97 Å². The Hall–Kier alpha value is -1.95. The van der Waals surface area contributed by atoms with E-state index in [1.807, 2.05) is 0 Å². The highest BCUT2D eigenvalue weighted by atomic mass is 16.5. The van der Waals surface area contributed by atoms with Crippen molar-refractivity contribution in [3.63, 3.8) is 0 Å². The van der Waals surface area contributed by atoms with Crippen molar-refractivity contribution in [3.05, 3.63) is 29.1 Å². The number of likely N-dealkylation sites (tertiary alicyclic amines) is 1. The third-order valence-corrected chi connectivity index (χ3v) is 4.01. The zero-order chi connectivity index (χ0) is 15.6. The maximum Gasteiger partial charge on any atom is 0.337 e. The number of nitrogens with zero attached hydrogens (tertiary/aromatic N) is 2. The number of carboxylic acids is 1. The Bertz CT molecular complexity index is 559. The van der Waals surface area contributed by atoms with E-state index in [1.54, 1.807) is 18.9 Å². The fraction of sp³-hybridized carbons (Fsp3) is 0.533. The Morgan fingerprint density at radius 3 is 2.71 bits per heavy atom. The number of piperidine rings is 1. The number of rotatable bonds is 3. The zero-order valence-corrected chi connectivity index (χ0v) is 12.5. The van der Waals surface area contributed by atoms with Gasteiger partial charge in [-0.05, 0) is 31.4 Å². The van der Waals surface area contributed by atoms with Crippen molar-refractivity contribution >= 4 is 11.9 Å². The summed E-state index contributed by atoms with van der Waals surface area (Å²) in [5.74, 6) is -0.794. The summed E-state index contributed by atoms with van der Waals surface area (Å²) in [6.45, 7) is 4.91. The molecule has 1 fully saturated rings. The Balaban J connectivity index is 2.17. The molecule has 0 saturated carbocycles. The second-order valence-electron chi connectivity index (χ2n) is 5.43. The van der Waals surface area contributed by atoms with Crippen LogP contribution in [0.4, 0.5) is 0 Å². The molecule has 1 saturated heterocycles. The molecule has 0 spiro atoms. The number of pyridine rings is 1. The van der Waals surface area contributed by atoms with Crippen LogP contribution in [-0.2, 0) is 4.74 Å². The van der Waals surface area contributed by atoms with Gasteiger partial charge in [0.1, 0.15) is 5.69 Å². The summed E-state index contributed by atoms with van der Waals surface area (Å²) in [5, 5.41) is 8.99. The molecular weight excluding hydrogens is 272 g/mol. The third-order valence-electron chi connectivity index (χ3n) is 4.01. The molecule has 6 nitrogen and oxygen atoms in total. The van der Waals surface area contributed by atoms with Crippen molar-refractivity contribution in [2.24, 2.45) is 5.92 Å². The van der Waals surface area contributed by atoms with Gasteiger partial charge in [0, 0.05) is 20.2 Å². The minimum absolute atomic E-state index is 0.0297. The Morgan fingerprint density at radius 2 is 2.14 bits per heavy atom. The molecule has 0 bridgehead atoms. The average molecular weight is 292 g/mol. The molecular formula is C15H20N2O4. The highest BCUT2D eigenvalue weighted by Crippen LogP contribution is 2.21. The summed E-state index contributed by atoms with van der Waals surface area (Å²) in [6, 6.07) is 2.90. The maximum absolute atomic E-state index is 12.5. The van der Waals surface area contributed by atoms with Crippen LogP contribution in [0, 0.1) is 12.8 Å². The van der Waals surface area contributed by atoms with Gasteiger partial charge < -0.3 is 14.7 Å². The largest absolute Gasteiger partial charge is 0.478 e. The lowest BCUT2D eigenvalue weighted by Gasteiger charge is -2.36. The van der Waals surface area contributed by atoms with Crippen molar-refractivity contribution in [1.29, 1.82) is 0 Å². The Morgan fingerprint density at radius 1 is 1.43 bits per heavy atom. The monoisotopic (exact) mass is 292 g/mol. The number of carbonyl (C=O) groups excluding carboxylic acids is 1. The van der Waals surface area contributed by atoms with Crippen molar-refractivity contribution in [2.45, 2.75) is 26.4 Å². The van der Waals surface area contributed by atoms with E-state index in [1.165, 1.54) is 12.1 Å². The number of amides is 1. The number of aryl methyl sites for hydroxylation is 1. The van der Waals surface area contributed by atoms with Crippen LogP contribution in [-0.4, -0.2) is 53.2 Å². The minimum Gasteiger partial charge on any atom is -0.478 e. The van der Waals surface area contributed by atoms with Crippen LogP contribution < -0.4 is 0 Å². The van der Waals surface area contributed by atoms with Crippen LogP contribution in [0.25, 0.3) is 0 Å². The van der Waals surface area contributed by atoms with E-state index in [-0.39, 0.29) is 23.3 Å². The summed E-state index contributed by atoms with van der Waals surface area (Å²) in [6.07, 6.45) is 0.915. The first-order chi connectivity index (χ1) is 9.93. The van der Waals surface area contributed by atoms with Crippen LogP contribution in [0.15, 0.2) is 12.1 Å². The Labute approximate surface area is 123 Å². The van der Waals surface area contributed by atoms with Crippen molar-refractivity contribution < 1.29 is 19.4 Å². The maximum atomic E-state index is 12.5. The molecule has 21 heavy (non-hydrogen) atoms. The molecule has 2 rings (SSSR count). The van der Waals surface area contributed by atoms with E-state index in [4.69, 9.17) is 9.84 Å². The first-order valence-electron chi connectivity index (χ1n) is 6.97. The number of hydrogen-bond acceptors (Lipinski definition) is 4. The molecule has 0 aromatic carbocycles. The van der Waals surface area contributed by atoms with Crippen molar-refractivity contribution in [1.82, 2.24) is 9.88 Å². The quantitative estimate of drug-likeness (QED) is 0.915. The fourth-order valence-corrected chi connectivity index (χ4v) is 2.59. The molecule has 1 N–H and O–H groups in total. The zero-order valence-electron chi connectivity index (χ0n) is 12.5. The fourth-order valence-electron chi connectivity index (χ4n) is 2.59. The molecule has 1 aromatic rings. The minimum atomic E-state index is -1.04. The number of methoxy groups -OCH3 is 1. The van der Waals surface area contributed by atoms with Gasteiger partial charge in [0.05, 0.1) is 17.4 Å². The summed E-state index contributed by atoms with van der Waals surface area (Å²) in [5.41, 5.74) is 0.748. The normalized spacial score (nSPS) is 22.1. The number of hydrogen-bond donors (Lipinski definition) is 1. The topological polar surface area (TPSA) is 79.7 Å². The molecule has 2 heterocycles. The third kappa shape index (κ3) is 3.21. The average Bonchev–Trinajstić information content (AvgIpc) is 2.46. The molecule has 1 aromatic heterocycles. The predicted molar refractivity (Wildman–Crippen MR) is 76.4 cm³/mol. The van der Waals surface area contributed by atoms with Crippen molar-refractivity contribution in [2.75, 3.05) is 20.2 Å². The lowest BCUT2D eigenvalue weighted by Crippen LogP contribution is -2.46. The van der Waals surface area contributed by atoms with E-state index >= 15 is 0 Å².